The Morgan fingerprint density at radius 3 is 2.43 bits per heavy atom. The number of fused-ring (bicyclic) bond motifs is 1. The van der Waals surface area contributed by atoms with Gasteiger partial charge in [0.2, 0.25) is 0 Å². The molecule has 146 valence electrons. The molecule has 0 aliphatic carbocycles. The van der Waals surface area contributed by atoms with E-state index in [1.165, 1.54) is 6.07 Å². The molecule has 0 amide bonds. The molecule has 0 aliphatic heterocycles. The Bertz CT molecular complexity index is 998. The van der Waals surface area contributed by atoms with Crippen molar-refractivity contribution in [3.8, 4) is 0 Å². The predicted octanol–water partition coefficient (Wildman–Crippen LogP) is 5.52. The van der Waals surface area contributed by atoms with Crippen LogP contribution in [0, 0.1) is 6.92 Å². The third-order valence-electron chi connectivity index (χ3n) is 4.62. The van der Waals surface area contributed by atoms with Crippen LogP contribution < -0.4 is 0 Å². The first-order chi connectivity index (χ1) is 13.3. The fourth-order valence-electron chi connectivity index (χ4n) is 3.23. The summed E-state index contributed by atoms with van der Waals surface area (Å²) < 4.78 is 44.5. The SMILES string of the molecule is CCOC(=O)c1c(CCc2ccccc2)nc2ccc(C(F)(F)F)cc2c1C. The lowest BCUT2D eigenvalue weighted by Crippen LogP contribution is -2.14. The van der Waals surface area contributed by atoms with Crippen LogP contribution in [0.3, 0.4) is 0 Å². The van der Waals surface area contributed by atoms with Gasteiger partial charge in [-0.3, -0.25) is 4.98 Å². The number of hydrogen-bond donors (Lipinski definition) is 0. The second-order valence-electron chi connectivity index (χ2n) is 6.49. The molecule has 0 saturated carbocycles. The van der Waals surface area contributed by atoms with Gasteiger partial charge in [-0.1, -0.05) is 30.3 Å². The zero-order valence-corrected chi connectivity index (χ0v) is 15.6. The van der Waals surface area contributed by atoms with Crippen LogP contribution in [0.15, 0.2) is 48.5 Å². The number of aryl methyl sites for hydroxylation is 3. The zero-order valence-electron chi connectivity index (χ0n) is 15.6. The van der Waals surface area contributed by atoms with Crippen LogP contribution in [0.2, 0.25) is 0 Å². The highest BCUT2D eigenvalue weighted by molar-refractivity contribution is 5.98. The van der Waals surface area contributed by atoms with Gasteiger partial charge in [-0.15, -0.1) is 0 Å². The number of alkyl halides is 3. The van der Waals surface area contributed by atoms with Crippen molar-refractivity contribution in [3.05, 3.63) is 76.5 Å². The Morgan fingerprint density at radius 2 is 1.79 bits per heavy atom. The Balaban J connectivity index is 2.10. The molecule has 3 rings (SSSR count). The van der Waals surface area contributed by atoms with Gasteiger partial charge in [-0.25, -0.2) is 4.79 Å². The molecule has 28 heavy (non-hydrogen) atoms. The summed E-state index contributed by atoms with van der Waals surface area (Å²) in [5.41, 5.74) is 2.00. The van der Waals surface area contributed by atoms with E-state index in [0.717, 1.165) is 17.7 Å². The summed E-state index contributed by atoms with van der Waals surface area (Å²) in [5, 5.41) is 0.307. The minimum absolute atomic E-state index is 0.178. The van der Waals surface area contributed by atoms with Crippen molar-refractivity contribution in [1.82, 2.24) is 4.98 Å². The van der Waals surface area contributed by atoms with Gasteiger partial charge in [0.15, 0.2) is 0 Å². The van der Waals surface area contributed by atoms with Crippen LogP contribution in [-0.2, 0) is 23.8 Å². The van der Waals surface area contributed by atoms with Gasteiger partial charge < -0.3 is 4.74 Å². The zero-order chi connectivity index (χ0) is 20.3. The van der Waals surface area contributed by atoms with Gasteiger partial charge in [0.05, 0.1) is 28.9 Å². The van der Waals surface area contributed by atoms with Crippen molar-refractivity contribution in [3.63, 3.8) is 0 Å². The lowest BCUT2D eigenvalue weighted by atomic mass is 9.97. The molecule has 2 aromatic carbocycles. The Labute approximate surface area is 161 Å². The van der Waals surface area contributed by atoms with Crippen molar-refractivity contribution in [1.29, 1.82) is 0 Å². The van der Waals surface area contributed by atoms with E-state index in [1.54, 1.807) is 13.8 Å². The molecule has 6 heteroatoms. The monoisotopic (exact) mass is 387 g/mol. The molecule has 0 spiro atoms. The van der Waals surface area contributed by atoms with Gasteiger partial charge >= 0.3 is 12.1 Å². The van der Waals surface area contributed by atoms with E-state index < -0.39 is 17.7 Å². The van der Waals surface area contributed by atoms with E-state index in [4.69, 9.17) is 4.74 Å². The van der Waals surface area contributed by atoms with E-state index in [-0.39, 0.29) is 12.2 Å². The Hall–Kier alpha value is -2.89. The average Bonchev–Trinajstić information content (AvgIpc) is 2.66. The molecule has 0 unspecified atom stereocenters. The minimum Gasteiger partial charge on any atom is -0.462 e. The third kappa shape index (κ3) is 4.16. The largest absolute Gasteiger partial charge is 0.462 e. The lowest BCUT2D eigenvalue weighted by molar-refractivity contribution is -0.137. The molecule has 0 aliphatic rings. The maximum absolute atomic E-state index is 13.1. The molecule has 0 fully saturated rings. The highest BCUT2D eigenvalue weighted by Crippen LogP contribution is 2.33. The van der Waals surface area contributed by atoms with Gasteiger partial charge in [0.1, 0.15) is 0 Å². The number of carbonyl (C=O) groups is 1. The number of aromatic nitrogens is 1. The van der Waals surface area contributed by atoms with E-state index in [9.17, 15) is 18.0 Å². The summed E-state index contributed by atoms with van der Waals surface area (Å²) in [4.78, 5) is 17.0. The van der Waals surface area contributed by atoms with Crippen LogP contribution >= 0.6 is 0 Å². The first-order valence-corrected chi connectivity index (χ1v) is 9.02. The summed E-state index contributed by atoms with van der Waals surface area (Å²) in [6.45, 7) is 3.51. The number of ether oxygens (including phenoxy) is 1. The fourth-order valence-corrected chi connectivity index (χ4v) is 3.23. The molecular weight excluding hydrogens is 367 g/mol. The van der Waals surface area contributed by atoms with Gasteiger partial charge in [-0.05, 0) is 56.0 Å². The van der Waals surface area contributed by atoms with Crippen LogP contribution in [0.5, 0.6) is 0 Å². The van der Waals surface area contributed by atoms with E-state index in [1.807, 2.05) is 30.3 Å². The number of pyridine rings is 1. The smallest absolute Gasteiger partial charge is 0.416 e. The number of carbonyl (C=O) groups excluding carboxylic acids is 1. The highest BCUT2D eigenvalue weighted by atomic mass is 19.4. The van der Waals surface area contributed by atoms with E-state index >= 15 is 0 Å². The second-order valence-corrected chi connectivity index (χ2v) is 6.49. The van der Waals surface area contributed by atoms with E-state index in [2.05, 4.69) is 4.98 Å². The van der Waals surface area contributed by atoms with Crippen molar-refractivity contribution in [2.24, 2.45) is 0 Å². The maximum Gasteiger partial charge on any atom is 0.416 e. The second kappa shape index (κ2) is 8.00. The summed E-state index contributed by atoms with van der Waals surface area (Å²) >= 11 is 0. The van der Waals surface area contributed by atoms with Crippen LogP contribution in [0.4, 0.5) is 13.2 Å². The molecule has 0 bridgehead atoms. The van der Waals surface area contributed by atoms with E-state index in [0.29, 0.717) is 35.0 Å². The number of nitrogens with zero attached hydrogens (tertiary/aromatic N) is 1. The molecule has 0 radical (unpaired) electrons. The number of esters is 1. The maximum atomic E-state index is 13.1. The van der Waals surface area contributed by atoms with Crippen molar-refractivity contribution in [2.75, 3.05) is 6.61 Å². The molecular formula is C22H20F3NO2. The molecule has 1 aromatic heterocycles. The van der Waals surface area contributed by atoms with Gasteiger partial charge in [0, 0.05) is 5.39 Å². The van der Waals surface area contributed by atoms with Crippen LogP contribution in [0.1, 0.15) is 39.7 Å². The number of hydrogen-bond acceptors (Lipinski definition) is 3. The van der Waals surface area contributed by atoms with Crippen molar-refractivity contribution in [2.45, 2.75) is 32.9 Å². The van der Waals surface area contributed by atoms with Gasteiger partial charge in [-0.2, -0.15) is 13.2 Å². The lowest BCUT2D eigenvalue weighted by Gasteiger charge is -2.15. The van der Waals surface area contributed by atoms with Crippen LogP contribution in [0.25, 0.3) is 10.9 Å². The molecule has 0 saturated heterocycles. The topological polar surface area (TPSA) is 39.2 Å². The number of rotatable bonds is 5. The minimum atomic E-state index is -4.46. The molecule has 0 N–H and O–H groups in total. The Kier molecular flexibility index (Phi) is 5.68. The average molecular weight is 387 g/mol. The summed E-state index contributed by atoms with van der Waals surface area (Å²) in [6.07, 6.45) is -3.32. The molecule has 3 aromatic rings. The molecule has 1 heterocycles. The van der Waals surface area contributed by atoms with Crippen LogP contribution in [-0.4, -0.2) is 17.6 Å². The predicted molar refractivity (Wildman–Crippen MR) is 101 cm³/mol. The Morgan fingerprint density at radius 1 is 1.07 bits per heavy atom. The fraction of sp³-hybridized carbons (Fsp3) is 0.273. The van der Waals surface area contributed by atoms with Gasteiger partial charge in [0.25, 0.3) is 0 Å². The quantitative estimate of drug-likeness (QED) is 0.541. The number of benzene rings is 2. The normalized spacial score (nSPS) is 11.6. The van der Waals surface area contributed by atoms with Crippen molar-refractivity contribution >= 4 is 16.9 Å². The highest BCUT2D eigenvalue weighted by Gasteiger charge is 2.31. The third-order valence-corrected chi connectivity index (χ3v) is 4.62. The standard InChI is InChI=1S/C22H20F3NO2/c1-3-28-21(27)20-14(2)17-13-16(22(23,24)25)10-12-18(17)26-19(20)11-9-15-7-5-4-6-8-15/h4-8,10,12-13H,3,9,11H2,1-2H3. The first kappa shape index (κ1) is 19.9. The molecule has 3 nitrogen and oxygen atoms in total. The summed E-state index contributed by atoms with van der Waals surface area (Å²) in [7, 11) is 0. The first-order valence-electron chi connectivity index (χ1n) is 9.02. The van der Waals surface area contributed by atoms with Crippen molar-refractivity contribution < 1.29 is 22.7 Å². The summed E-state index contributed by atoms with van der Waals surface area (Å²) in [5.74, 6) is -0.560. The number of halogens is 3. The summed E-state index contributed by atoms with van der Waals surface area (Å²) in [6, 6.07) is 13.2. The molecule has 0 atom stereocenters.